The SMILES string of the molecule is CC(C)(C)OC(=O)N1CCN(c2cccc(NCc3cccc(F)c3)c2CN)CC1. The molecule has 1 aliphatic rings. The average Bonchev–Trinajstić information content (AvgIpc) is 2.71. The molecule has 0 atom stereocenters. The Labute approximate surface area is 177 Å². The maximum atomic E-state index is 13.4. The normalized spacial score (nSPS) is 14.6. The molecule has 6 nitrogen and oxygen atoms in total. The molecule has 1 saturated heterocycles. The molecule has 0 saturated carbocycles. The van der Waals surface area contributed by atoms with Crippen molar-refractivity contribution in [2.45, 2.75) is 39.5 Å². The van der Waals surface area contributed by atoms with E-state index in [0.717, 1.165) is 22.5 Å². The summed E-state index contributed by atoms with van der Waals surface area (Å²) in [6.07, 6.45) is -0.272. The fourth-order valence-electron chi connectivity index (χ4n) is 3.55. The van der Waals surface area contributed by atoms with Gasteiger partial charge in [-0.2, -0.15) is 0 Å². The van der Waals surface area contributed by atoms with Crippen molar-refractivity contribution < 1.29 is 13.9 Å². The number of hydrogen-bond donors (Lipinski definition) is 2. The quantitative estimate of drug-likeness (QED) is 0.775. The minimum Gasteiger partial charge on any atom is -0.444 e. The summed E-state index contributed by atoms with van der Waals surface area (Å²) >= 11 is 0. The minimum absolute atomic E-state index is 0.245. The number of nitrogens with zero attached hydrogens (tertiary/aromatic N) is 2. The van der Waals surface area contributed by atoms with E-state index in [1.807, 2.05) is 39.0 Å². The molecule has 2 aromatic rings. The summed E-state index contributed by atoms with van der Waals surface area (Å²) < 4.78 is 18.9. The molecule has 0 radical (unpaired) electrons. The summed E-state index contributed by atoms with van der Waals surface area (Å²) in [6.45, 7) is 9.12. The lowest BCUT2D eigenvalue weighted by Crippen LogP contribution is -2.50. The van der Waals surface area contributed by atoms with Crippen molar-refractivity contribution in [2.75, 3.05) is 36.4 Å². The molecule has 0 aliphatic carbocycles. The number of nitrogens with one attached hydrogen (secondary N) is 1. The van der Waals surface area contributed by atoms with Crippen molar-refractivity contribution in [3.63, 3.8) is 0 Å². The summed E-state index contributed by atoms with van der Waals surface area (Å²) in [6, 6.07) is 12.6. The van der Waals surface area contributed by atoms with Gasteiger partial charge in [0.2, 0.25) is 0 Å². The van der Waals surface area contributed by atoms with Gasteiger partial charge in [0.15, 0.2) is 0 Å². The minimum atomic E-state index is -0.497. The van der Waals surface area contributed by atoms with Crippen LogP contribution < -0.4 is 16.0 Å². The maximum absolute atomic E-state index is 13.4. The van der Waals surface area contributed by atoms with Crippen LogP contribution in [0.2, 0.25) is 0 Å². The standard InChI is InChI=1S/C23H31FN4O2/c1-23(2,3)30-22(29)28-12-10-27(11-13-28)21-9-5-8-20(19(21)15-25)26-16-17-6-4-7-18(24)14-17/h4-9,14,26H,10-13,15-16,25H2,1-3H3. The van der Waals surface area contributed by atoms with Crippen LogP contribution in [-0.2, 0) is 17.8 Å². The predicted molar refractivity (Wildman–Crippen MR) is 118 cm³/mol. The third-order valence-corrected chi connectivity index (χ3v) is 5.00. The number of carbonyl (C=O) groups is 1. The molecule has 1 fully saturated rings. The number of carbonyl (C=O) groups excluding carboxylic acids is 1. The van der Waals surface area contributed by atoms with Gasteiger partial charge in [0.25, 0.3) is 0 Å². The molecule has 0 spiro atoms. The van der Waals surface area contributed by atoms with Gasteiger partial charge < -0.3 is 25.6 Å². The van der Waals surface area contributed by atoms with Gasteiger partial charge in [0.05, 0.1) is 0 Å². The highest BCUT2D eigenvalue weighted by atomic mass is 19.1. The zero-order chi connectivity index (χ0) is 21.7. The van der Waals surface area contributed by atoms with Crippen LogP contribution in [0.15, 0.2) is 42.5 Å². The highest BCUT2D eigenvalue weighted by molar-refractivity contribution is 5.70. The lowest BCUT2D eigenvalue weighted by atomic mass is 10.1. The topological polar surface area (TPSA) is 70.8 Å². The smallest absolute Gasteiger partial charge is 0.410 e. The van der Waals surface area contributed by atoms with Crippen LogP contribution in [0.3, 0.4) is 0 Å². The molecular weight excluding hydrogens is 383 g/mol. The largest absolute Gasteiger partial charge is 0.444 e. The third kappa shape index (κ3) is 5.63. The first-order valence-electron chi connectivity index (χ1n) is 10.3. The monoisotopic (exact) mass is 414 g/mol. The second-order valence-corrected chi connectivity index (χ2v) is 8.45. The Morgan fingerprint density at radius 3 is 2.47 bits per heavy atom. The van der Waals surface area contributed by atoms with Crippen molar-refractivity contribution in [3.8, 4) is 0 Å². The highest BCUT2D eigenvalue weighted by Gasteiger charge is 2.26. The molecule has 7 heteroatoms. The molecule has 30 heavy (non-hydrogen) atoms. The molecule has 162 valence electrons. The Morgan fingerprint density at radius 2 is 1.83 bits per heavy atom. The van der Waals surface area contributed by atoms with E-state index in [-0.39, 0.29) is 11.9 Å². The van der Waals surface area contributed by atoms with Crippen LogP contribution in [0.1, 0.15) is 31.9 Å². The molecule has 1 heterocycles. The van der Waals surface area contributed by atoms with Gasteiger partial charge in [-0.05, 0) is 50.6 Å². The summed E-state index contributed by atoms with van der Waals surface area (Å²) in [5, 5.41) is 3.38. The van der Waals surface area contributed by atoms with Crippen LogP contribution in [0.5, 0.6) is 0 Å². The summed E-state index contributed by atoms with van der Waals surface area (Å²) in [5.41, 5.74) is 9.47. The van der Waals surface area contributed by atoms with Gasteiger partial charge in [-0.3, -0.25) is 0 Å². The fraction of sp³-hybridized carbons (Fsp3) is 0.435. The van der Waals surface area contributed by atoms with Crippen molar-refractivity contribution in [2.24, 2.45) is 5.73 Å². The second kappa shape index (κ2) is 9.34. The Morgan fingerprint density at radius 1 is 1.13 bits per heavy atom. The van der Waals surface area contributed by atoms with Crippen molar-refractivity contribution in [1.82, 2.24) is 4.90 Å². The molecular formula is C23H31FN4O2. The molecule has 2 aromatic carbocycles. The van der Waals surface area contributed by atoms with Gasteiger partial charge in [-0.25, -0.2) is 9.18 Å². The number of piperazine rings is 1. The Bertz CT molecular complexity index is 874. The first kappa shape index (κ1) is 21.9. The van der Waals surface area contributed by atoms with Crippen molar-refractivity contribution >= 4 is 17.5 Å². The summed E-state index contributed by atoms with van der Waals surface area (Å²) in [7, 11) is 0. The second-order valence-electron chi connectivity index (χ2n) is 8.45. The van der Waals surface area contributed by atoms with Crippen LogP contribution in [-0.4, -0.2) is 42.8 Å². The van der Waals surface area contributed by atoms with E-state index in [1.165, 1.54) is 12.1 Å². The molecule has 0 unspecified atom stereocenters. The van der Waals surface area contributed by atoms with E-state index in [1.54, 1.807) is 11.0 Å². The van der Waals surface area contributed by atoms with Crippen molar-refractivity contribution in [3.05, 3.63) is 59.4 Å². The van der Waals surface area contributed by atoms with E-state index in [2.05, 4.69) is 16.3 Å². The third-order valence-electron chi connectivity index (χ3n) is 5.00. The molecule has 3 N–H and O–H groups in total. The molecule has 1 aliphatic heterocycles. The van der Waals surface area contributed by atoms with Gasteiger partial charge in [0, 0.05) is 56.2 Å². The number of halogens is 1. The molecule has 0 bridgehead atoms. The Hall–Kier alpha value is -2.80. The molecule has 3 rings (SSSR count). The number of ether oxygens (including phenoxy) is 1. The fourth-order valence-corrected chi connectivity index (χ4v) is 3.55. The number of hydrogen-bond acceptors (Lipinski definition) is 5. The van der Waals surface area contributed by atoms with Gasteiger partial charge >= 0.3 is 6.09 Å². The molecule has 0 aromatic heterocycles. The predicted octanol–water partition coefficient (Wildman–Crippen LogP) is 3.95. The summed E-state index contributed by atoms with van der Waals surface area (Å²) in [5.74, 6) is -0.245. The number of anilines is 2. The van der Waals surface area contributed by atoms with Crippen LogP contribution in [0.25, 0.3) is 0 Å². The first-order chi connectivity index (χ1) is 14.3. The Balaban J connectivity index is 1.67. The van der Waals surface area contributed by atoms with Gasteiger partial charge in [0.1, 0.15) is 11.4 Å². The van der Waals surface area contributed by atoms with Crippen LogP contribution in [0.4, 0.5) is 20.6 Å². The number of benzene rings is 2. The maximum Gasteiger partial charge on any atom is 0.410 e. The lowest BCUT2D eigenvalue weighted by Gasteiger charge is -2.37. The lowest BCUT2D eigenvalue weighted by molar-refractivity contribution is 0.0240. The zero-order valence-corrected chi connectivity index (χ0v) is 18.0. The van der Waals surface area contributed by atoms with E-state index in [9.17, 15) is 9.18 Å². The van der Waals surface area contributed by atoms with Crippen LogP contribution >= 0.6 is 0 Å². The Kier molecular flexibility index (Phi) is 6.82. The van der Waals surface area contributed by atoms with Crippen molar-refractivity contribution in [1.29, 1.82) is 0 Å². The van der Waals surface area contributed by atoms with Gasteiger partial charge in [-0.15, -0.1) is 0 Å². The summed E-state index contributed by atoms with van der Waals surface area (Å²) in [4.78, 5) is 16.3. The van der Waals surface area contributed by atoms with E-state index >= 15 is 0 Å². The number of rotatable bonds is 5. The van der Waals surface area contributed by atoms with E-state index < -0.39 is 5.60 Å². The van der Waals surface area contributed by atoms with Crippen LogP contribution in [0, 0.1) is 5.82 Å². The number of nitrogens with two attached hydrogens (primary N) is 1. The van der Waals surface area contributed by atoms with E-state index in [0.29, 0.717) is 39.3 Å². The average molecular weight is 415 g/mol. The van der Waals surface area contributed by atoms with Gasteiger partial charge in [-0.1, -0.05) is 18.2 Å². The number of amides is 1. The first-order valence-corrected chi connectivity index (χ1v) is 10.3. The zero-order valence-electron chi connectivity index (χ0n) is 18.0. The van der Waals surface area contributed by atoms with E-state index in [4.69, 9.17) is 10.5 Å². The highest BCUT2D eigenvalue weighted by Crippen LogP contribution is 2.29. The molecule has 1 amide bonds.